The van der Waals surface area contributed by atoms with Crippen LogP contribution in [-0.2, 0) is 31.2 Å². The van der Waals surface area contributed by atoms with Gasteiger partial charge < -0.3 is 5.11 Å². The Hall–Kier alpha value is -2.79. The molecular formula is C19H20F3N5O2S. The zero-order valence-electron chi connectivity index (χ0n) is 16.1. The summed E-state index contributed by atoms with van der Waals surface area (Å²) in [6.07, 6.45) is 2.49. The van der Waals surface area contributed by atoms with Gasteiger partial charge in [-0.15, -0.1) is 0 Å². The van der Waals surface area contributed by atoms with E-state index in [2.05, 4.69) is 36.8 Å². The fourth-order valence-electron chi connectivity index (χ4n) is 3.16. The van der Waals surface area contributed by atoms with Crippen LogP contribution in [0.3, 0.4) is 0 Å². The molecule has 0 aliphatic carbocycles. The first-order chi connectivity index (χ1) is 14.2. The van der Waals surface area contributed by atoms with Crippen LogP contribution >= 0.6 is 11.3 Å². The Balaban J connectivity index is 0.000000318. The van der Waals surface area contributed by atoms with E-state index in [1.807, 2.05) is 24.1 Å². The van der Waals surface area contributed by atoms with Gasteiger partial charge in [-0.2, -0.15) is 29.6 Å². The summed E-state index contributed by atoms with van der Waals surface area (Å²) in [7, 11) is 1.94. The van der Waals surface area contributed by atoms with Gasteiger partial charge in [0.25, 0.3) is 0 Å². The Labute approximate surface area is 174 Å². The quantitative estimate of drug-likeness (QED) is 0.675. The van der Waals surface area contributed by atoms with Gasteiger partial charge in [-0.05, 0) is 28.8 Å². The molecule has 3 aromatic heterocycles. The fraction of sp³-hybridized carbons (Fsp3) is 0.368. The summed E-state index contributed by atoms with van der Waals surface area (Å²) < 4.78 is 33.6. The van der Waals surface area contributed by atoms with Crippen molar-refractivity contribution >= 4 is 17.3 Å². The monoisotopic (exact) mass is 439 g/mol. The standard InChI is InChI=1S/C17H19N5S.C2HF3O2/c1-21-10-14(8-20-21)17-15-2-5-22(9-13-4-7-23-11-13)6-3-16(15)18-12-19-17;3-2(4,5)1(6)7/h4,7-8,10-12H,2-3,5-6,9H2,1H3;(H,6,7). The maximum atomic E-state index is 10.6. The first-order valence-corrected chi connectivity index (χ1v) is 10.0. The lowest BCUT2D eigenvalue weighted by Gasteiger charge is -2.18. The third-order valence-corrected chi connectivity index (χ3v) is 5.32. The molecule has 160 valence electrons. The number of hydrogen-bond donors (Lipinski definition) is 1. The summed E-state index contributed by atoms with van der Waals surface area (Å²) in [5.41, 5.74) is 6.00. The number of aliphatic carboxylic acids is 1. The van der Waals surface area contributed by atoms with Crippen molar-refractivity contribution in [2.24, 2.45) is 7.05 Å². The van der Waals surface area contributed by atoms with Crippen molar-refractivity contribution < 1.29 is 23.1 Å². The largest absolute Gasteiger partial charge is 0.490 e. The number of thiophene rings is 1. The van der Waals surface area contributed by atoms with E-state index in [1.54, 1.807) is 17.7 Å². The van der Waals surface area contributed by atoms with Gasteiger partial charge in [0, 0.05) is 56.1 Å². The molecule has 3 aromatic rings. The van der Waals surface area contributed by atoms with Gasteiger partial charge in [-0.1, -0.05) is 0 Å². The molecule has 4 rings (SSSR count). The van der Waals surface area contributed by atoms with Crippen molar-refractivity contribution in [3.8, 4) is 11.3 Å². The number of rotatable bonds is 3. The predicted octanol–water partition coefficient (Wildman–Crippen LogP) is 3.17. The predicted molar refractivity (Wildman–Crippen MR) is 105 cm³/mol. The number of aromatic nitrogens is 4. The number of fused-ring (bicyclic) bond motifs is 1. The van der Waals surface area contributed by atoms with E-state index in [0.717, 1.165) is 43.7 Å². The molecule has 0 saturated carbocycles. The molecule has 0 spiro atoms. The minimum absolute atomic E-state index is 0.981. The number of hydrogen-bond acceptors (Lipinski definition) is 6. The van der Waals surface area contributed by atoms with Crippen LogP contribution < -0.4 is 0 Å². The van der Waals surface area contributed by atoms with Gasteiger partial charge in [0.1, 0.15) is 6.33 Å². The van der Waals surface area contributed by atoms with Gasteiger partial charge in [-0.3, -0.25) is 9.58 Å². The minimum Gasteiger partial charge on any atom is -0.475 e. The minimum atomic E-state index is -5.08. The van der Waals surface area contributed by atoms with Crippen molar-refractivity contribution in [3.05, 3.63) is 52.4 Å². The molecule has 0 unspecified atom stereocenters. The van der Waals surface area contributed by atoms with E-state index < -0.39 is 12.1 Å². The van der Waals surface area contributed by atoms with Crippen LogP contribution in [0.2, 0.25) is 0 Å². The molecule has 0 fully saturated rings. The van der Waals surface area contributed by atoms with E-state index >= 15 is 0 Å². The van der Waals surface area contributed by atoms with E-state index in [9.17, 15) is 13.2 Å². The Morgan fingerprint density at radius 3 is 2.60 bits per heavy atom. The molecular weight excluding hydrogens is 419 g/mol. The maximum Gasteiger partial charge on any atom is 0.490 e. The third-order valence-electron chi connectivity index (χ3n) is 4.58. The van der Waals surface area contributed by atoms with Crippen molar-refractivity contribution in [2.75, 3.05) is 13.1 Å². The van der Waals surface area contributed by atoms with Crippen molar-refractivity contribution in [2.45, 2.75) is 25.6 Å². The normalized spacial score (nSPS) is 14.4. The summed E-state index contributed by atoms with van der Waals surface area (Å²) >= 11 is 1.76. The van der Waals surface area contributed by atoms with Gasteiger partial charge in [0.05, 0.1) is 11.9 Å². The average molecular weight is 439 g/mol. The summed E-state index contributed by atoms with van der Waals surface area (Å²) in [6, 6.07) is 2.21. The second-order valence-corrected chi connectivity index (χ2v) is 7.54. The number of nitrogens with zero attached hydrogens (tertiary/aromatic N) is 5. The van der Waals surface area contributed by atoms with Gasteiger partial charge >= 0.3 is 12.1 Å². The third kappa shape index (κ3) is 5.63. The van der Waals surface area contributed by atoms with Gasteiger partial charge in [0.15, 0.2) is 0 Å². The van der Waals surface area contributed by atoms with Crippen LogP contribution in [0.5, 0.6) is 0 Å². The number of carboxylic acid groups (broad SMARTS) is 1. The maximum absolute atomic E-state index is 10.6. The molecule has 0 saturated heterocycles. The number of halogens is 3. The van der Waals surface area contributed by atoms with Gasteiger partial charge in [0.2, 0.25) is 0 Å². The second-order valence-electron chi connectivity index (χ2n) is 6.76. The van der Waals surface area contributed by atoms with Crippen LogP contribution in [-0.4, -0.2) is 55.0 Å². The highest BCUT2D eigenvalue weighted by Gasteiger charge is 2.38. The number of carboxylic acids is 1. The highest BCUT2D eigenvalue weighted by Crippen LogP contribution is 2.25. The van der Waals surface area contributed by atoms with Crippen LogP contribution in [0.25, 0.3) is 11.3 Å². The van der Waals surface area contributed by atoms with Crippen molar-refractivity contribution in [1.29, 1.82) is 0 Å². The Bertz CT molecular complexity index is 988. The van der Waals surface area contributed by atoms with Crippen LogP contribution in [0.15, 0.2) is 35.5 Å². The Morgan fingerprint density at radius 1 is 1.27 bits per heavy atom. The van der Waals surface area contributed by atoms with E-state index in [4.69, 9.17) is 9.90 Å². The number of alkyl halides is 3. The molecule has 1 aliphatic rings. The smallest absolute Gasteiger partial charge is 0.475 e. The lowest BCUT2D eigenvalue weighted by atomic mass is 10.0. The first kappa shape index (κ1) is 21.9. The molecule has 1 N–H and O–H groups in total. The lowest BCUT2D eigenvalue weighted by molar-refractivity contribution is -0.192. The molecule has 11 heteroatoms. The average Bonchev–Trinajstić information content (AvgIpc) is 3.30. The van der Waals surface area contributed by atoms with E-state index in [1.165, 1.54) is 16.8 Å². The summed E-state index contributed by atoms with van der Waals surface area (Å²) in [6.45, 7) is 3.11. The molecule has 0 aromatic carbocycles. The van der Waals surface area contributed by atoms with Crippen LogP contribution in [0.4, 0.5) is 13.2 Å². The Morgan fingerprint density at radius 2 is 2.00 bits per heavy atom. The molecule has 0 amide bonds. The molecule has 30 heavy (non-hydrogen) atoms. The van der Waals surface area contributed by atoms with Crippen LogP contribution in [0.1, 0.15) is 16.8 Å². The van der Waals surface area contributed by atoms with Gasteiger partial charge in [-0.25, -0.2) is 14.8 Å². The highest BCUT2D eigenvalue weighted by molar-refractivity contribution is 7.07. The Kier molecular flexibility index (Phi) is 6.83. The zero-order chi connectivity index (χ0) is 21.7. The molecule has 0 atom stereocenters. The molecule has 1 aliphatic heterocycles. The number of carbonyl (C=O) groups is 1. The SMILES string of the molecule is Cn1cc(-c2ncnc3c2CCN(Cc2ccsc2)CC3)cn1.O=C(O)C(F)(F)F. The first-order valence-electron chi connectivity index (χ1n) is 9.09. The topological polar surface area (TPSA) is 84.1 Å². The summed E-state index contributed by atoms with van der Waals surface area (Å²) in [5, 5.41) is 15.8. The van der Waals surface area contributed by atoms with Crippen LogP contribution in [0, 0.1) is 0 Å². The lowest BCUT2D eigenvalue weighted by Crippen LogP contribution is -2.25. The zero-order valence-corrected chi connectivity index (χ0v) is 16.9. The molecule has 4 heterocycles. The molecule has 7 nitrogen and oxygen atoms in total. The van der Waals surface area contributed by atoms with Crippen molar-refractivity contribution in [1.82, 2.24) is 24.6 Å². The molecule has 0 bridgehead atoms. The number of aryl methyl sites for hydroxylation is 1. The highest BCUT2D eigenvalue weighted by atomic mass is 32.1. The summed E-state index contributed by atoms with van der Waals surface area (Å²) in [5.74, 6) is -2.76. The van der Waals surface area contributed by atoms with Crippen molar-refractivity contribution in [3.63, 3.8) is 0 Å². The van der Waals surface area contributed by atoms with E-state index in [0.29, 0.717) is 0 Å². The second kappa shape index (κ2) is 9.35. The summed E-state index contributed by atoms with van der Waals surface area (Å²) in [4.78, 5) is 20.5. The van der Waals surface area contributed by atoms with E-state index in [-0.39, 0.29) is 0 Å². The molecule has 0 radical (unpaired) electrons. The fourth-order valence-corrected chi connectivity index (χ4v) is 3.82.